The molecule has 0 aliphatic rings. The lowest BCUT2D eigenvalue weighted by Crippen LogP contribution is -2.17. The molecule has 0 spiro atoms. The van der Waals surface area contributed by atoms with Gasteiger partial charge in [0.25, 0.3) is 0 Å². The number of aryl methyl sites for hydroxylation is 2. The Morgan fingerprint density at radius 1 is 1.14 bits per heavy atom. The zero-order valence-corrected chi connectivity index (χ0v) is 17.0. The van der Waals surface area contributed by atoms with Crippen LogP contribution in [0.15, 0.2) is 30.3 Å². The lowest BCUT2D eigenvalue weighted by molar-refractivity contribution is -0.142. The number of hydrogen-bond donors (Lipinski definition) is 2. The third-order valence-corrected chi connectivity index (χ3v) is 4.64. The molecule has 2 rings (SSSR count). The number of methoxy groups -OCH3 is 1. The summed E-state index contributed by atoms with van der Waals surface area (Å²) in [5.41, 5.74) is 3.11. The van der Waals surface area contributed by atoms with Crippen LogP contribution < -0.4 is 10.1 Å². The summed E-state index contributed by atoms with van der Waals surface area (Å²) in [5, 5.41) is 12.8. The molecule has 6 heteroatoms. The number of carbonyl (C=O) groups excluding carboxylic acids is 2. The average molecular weight is 385 g/mol. The fraction of sp³-hybridized carbons (Fsp3) is 0.364. The molecule has 0 aliphatic carbocycles. The van der Waals surface area contributed by atoms with E-state index in [1.54, 1.807) is 24.3 Å². The highest BCUT2D eigenvalue weighted by Crippen LogP contribution is 2.36. The number of ether oxygens (including phenoxy) is 2. The number of hydrogen-bond acceptors (Lipinski definition) is 5. The quantitative estimate of drug-likeness (QED) is 0.527. The minimum absolute atomic E-state index is 0.221. The fourth-order valence-corrected chi connectivity index (χ4v) is 2.92. The average Bonchev–Trinajstić information content (AvgIpc) is 2.65. The van der Waals surface area contributed by atoms with Gasteiger partial charge in [-0.1, -0.05) is 13.8 Å². The van der Waals surface area contributed by atoms with Crippen molar-refractivity contribution in [2.45, 2.75) is 46.5 Å². The van der Waals surface area contributed by atoms with Gasteiger partial charge in [0.15, 0.2) is 0 Å². The third kappa shape index (κ3) is 5.25. The minimum Gasteiger partial charge on any atom is -0.508 e. The molecule has 0 radical (unpaired) electrons. The number of phenolic OH excluding ortho intramolecular Hbond substituents is 1. The van der Waals surface area contributed by atoms with E-state index >= 15 is 0 Å². The Balaban J connectivity index is 2.22. The van der Waals surface area contributed by atoms with E-state index in [0.29, 0.717) is 17.2 Å². The van der Waals surface area contributed by atoms with Crippen LogP contribution in [0.5, 0.6) is 17.2 Å². The van der Waals surface area contributed by atoms with Crippen LogP contribution in [0.4, 0.5) is 5.69 Å². The lowest BCUT2D eigenvalue weighted by atomic mass is 9.97. The molecule has 0 aromatic heterocycles. The van der Waals surface area contributed by atoms with Crippen molar-refractivity contribution in [3.63, 3.8) is 0 Å². The van der Waals surface area contributed by atoms with Gasteiger partial charge < -0.3 is 19.9 Å². The topological polar surface area (TPSA) is 84.9 Å². The number of benzene rings is 2. The van der Waals surface area contributed by atoms with E-state index in [0.717, 1.165) is 23.1 Å². The van der Waals surface area contributed by atoms with Crippen LogP contribution in [0.2, 0.25) is 0 Å². The van der Waals surface area contributed by atoms with E-state index in [1.165, 1.54) is 7.11 Å². The fourth-order valence-electron chi connectivity index (χ4n) is 2.92. The van der Waals surface area contributed by atoms with Gasteiger partial charge in [0, 0.05) is 11.3 Å². The van der Waals surface area contributed by atoms with Crippen LogP contribution in [0.25, 0.3) is 0 Å². The second-order valence-corrected chi connectivity index (χ2v) is 6.87. The molecule has 0 bridgehead atoms. The van der Waals surface area contributed by atoms with Gasteiger partial charge in [0.2, 0.25) is 5.91 Å². The Kier molecular flexibility index (Phi) is 7.04. The minimum atomic E-state index is -0.588. The van der Waals surface area contributed by atoms with Gasteiger partial charge in [-0.25, -0.2) is 0 Å². The van der Waals surface area contributed by atoms with Crippen molar-refractivity contribution in [3.8, 4) is 17.2 Å². The molecule has 1 atom stereocenters. The first-order valence-corrected chi connectivity index (χ1v) is 9.23. The highest BCUT2D eigenvalue weighted by Gasteiger charge is 2.14. The molecule has 2 aromatic carbocycles. The van der Waals surface area contributed by atoms with E-state index in [-0.39, 0.29) is 18.1 Å². The van der Waals surface area contributed by atoms with Crippen molar-refractivity contribution in [2.24, 2.45) is 0 Å². The smallest absolute Gasteiger partial charge is 0.315 e. The lowest BCUT2D eigenvalue weighted by Gasteiger charge is -2.17. The second kappa shape index (κ2) is 9.26. The first-order valence-electron chi connectivity index (χ1n) is 9.23. The van der Waals surface area contributed by atoms with Crippen molar-refractivity contribution >= 4 is 17.6 Å². The molecule has 28 heavy (non-hydrogen) atoms. The highest BCUT2D eigenvalue weighted by atomic mass is 16.5. The van der Waals surface area contributed by atoms with Crippen LogP contribution in [0.1, 0.15) is 49.3 Å². The molecule has 0 saturated heterocycles. The van der Waals surface area contributed by atoms with Gasteiger partial charge in [0.1, 0.15) is 23.7 Å². The summed E-state index contributed by atoms with van der Waals surface area (Å²) in [4.78, 5) is 23.1. The van der Waals surface area contributed by atoms with Crippen LogP contribution in [-0.4, -0.2) is 24.1 Å². The SMILES string of the molecule is CCC(C)c1cc(Oc2c(C)cc(NC(=O)CC(=O)OC)cc2C)ccc1O. The van der Waals surface area contributed by atoms with E-state index in [1.807, 2.05) is 19.9 Å². The molecular weight excluding hydrogens is 358 g/mol. The summed E-state index contributed by atoms with van der Waals surface area (Å²) in [5.74, 6) is 0.789. The van der Waals surface area contributed by atoms with Crippen molar-refractivity contribution in [1.29, 1.82) is 0 Å². The normalized spacial score (nSPS) is 11.6. The molecule has 150 valence electrons. The number of phenols is 1. The molecule has 1 amide bonds. The van der Waals surface area contributed by atoms with Gasteiger partial charge in [-0.2, -0.15) is 0 Å². The van der Waals surface area contributed by atoms with Crippen LogP contribution >= 0.6 is 0 Å². The summed E-state index contributed by atoms with van der Waals surface area (Å²) in [6.45, 7) is 7.89. The third-order valence-electron chi connectivity index (χ3n) is 4.64. The summed E-state index contributed by atoms with van der Waals surface area (Å²) < 4.78 is 10.6. The Labute approximate surface area is 165 Å². The predicted octanol–water partition coefficient (Wildman–Crippen LogP) is 4.82. The monoisotopic (exact) mass is 385 g/mol. The van der Waals surface area contributed by atoms with Gasteiger partial charge >= 0.3 is 5.97 Å². The summed E-state index contributed by atoms with van der Waals surface area (Å²) in [6, 6.07) is 8.80. The van der Waals surface area contributed by atoms with E-state index in [4.69, 9.17) is 4.74 Å². The maximum absolute atomic E-state index is 11.9. The van der Waals surface area contributed by atoms with Crippen molar-refractivity contribution in [3.05, 3.63) is 47.0 Å². The van der Waals surface area contributed by atoms with Crippen molar-refractivity contribution in [2.75, 3.05) is 12.4 Å². The number of amides is 1. The molecule has 0 saturated carbocycles. The van der Waals surface area contributed by atoms with Crippen molar-refractivity contribution in [1.82, 2.24) is 0 Å². The molecular formula is C22H27NO5. The van der Waals surface area contributed by atoms with E-state index < -0.39 is 11.9 Å². The maximum Gasteiger partial charge on any atom is 0.315 e. The van der Waals surface area contributed by atoms with Gasteiger partial charge in [-0.3, -0.25) is 9.59 Å². The molecule has 6 nitrogen and oxygen atoms in total. The van der Waals surface area contributed by atoms with Gasteiger partial charge in [0.05, 0.1) is 7.11 Å². The van der Waals surface area contributed by atoms with Gasteiger partial charge in [-0.05, 0) is 67.6 Å². The number of nitrogens with one attached hydrogen (secondary N) is 1. The first kappa shape index (κ1) is 21.3. The standard InChI is InChI=1S/C22H27NO5/c1-6-13(2)18-11-17(7-8-19(18)24)28-22-14(3)9-16(10-15(22)4)23-20(25)12-21(26)27-5/h7-11,13,24H,6,12H2,1-5H3,(H,23,25). The number of esters is 1. The zero-order chi connectivity index (χ0) is 20.8. The number of carbonyl (C=O) groups is 2. The molecule has 1 unspecified atom stereocenters. The number of rotatable bonds is 7. The Hall–Kier alpha value is -3.02. The molecule has 0 heterocycles. The Morgan fingerprint density at radius 2 is 1.79 bits per heavy atom. The van der Waals surface area contributed by atoms with Crippen LogP contribution in [0.3, 0.4) is 0 Å². The largest absolute Gasteiger partial charge is 0.508 e. The highest BCUT2D eigenvalue weighted by molar-refractivity contribution is 6.02. The second-order valence-electron chi connectivity index (χ2n) is 6.87. The number of anilines is 1. The van der Waals surface area contributed by atoms with E-state index in [2.05, 4.69) is 23.9 Å². The van der Waals surface area contributed by atoms with E-state index in [9.17, 15) is 14.7 Å². The molecule has 2 N–H and O–H groups in total. The Bertz CT molecular complexity index is 852. The molecule has 0 fully saturated rings. The summed E-state index contributed by atoms with van der Waals surface area (Å²) in [7, 11) is 1.24. The molecule has 0 aliphatic heterocycles. The predicted molar refractivity (Wildman–Crippen MR) is 108 cm³/mol. The van der Waals surface area contributed by atoms with Gasteiger partial charge in [-0.15, -0.1) is 0 Å². The zero-order valence-electron chi connectivity index (χ0n) is 17.0. The van der Waals surface area contributed by atoms with Crippen molar-refractivity contribution < 1.29 is 24.2 Å². The van der Waals surface area contributed by atoms with Crippen LogP contribution in [-0.2, 0) is 14.3 Å². The maximum atomic E-state index is 11.9. The Morgan fingerprint density at radius 3 is 2.36 bits per heavy atom. The summed E-state index contributed by atoms with van der Waals surface area (Å²) >= 11 is 0. The molecule has 2 aromatic rings. The first-order chi connectivity index (χ1) is 13.2. The summed E-state index contributed by atoms with van der Waals surface area (Å²) in [6.07, 6.45) is 0.577. The van der Waals surface area contributed by atoms with Crippen LogP contribution in [0, 0.1) is 13.8 Å². The number of aromatic hydroxyl groups is 1.